The largest absolute Gasteiger partial charge is 0.297 e. The first-order chi connectivity index (χ1) is 9.38. The molecule has 0 saturated carbocycles. The van der Waals surface area contributed by atoms with Crippen molar-refractivity contribution in [2.75, 3.05) is 13.1 Å². The summed E-state index contributed by atoms with van der Waals surface area (Å²) in [5.74, 6) is -0.250. The van der Waals surface area contributed by atoms with E-state index in [2.05, 4.69) is 20.8 Å². The molecule has 0 aliphatic carbocycles. The summed E-state index contributed by atoms with van der Waals surface area (Å²) < 4.78 is 14.6. The van der Waals surface area contributed by atoms with Gasteiger partial charge in [0.05, 0.1) is 5.54 Å². The highest BCUT2D eigenvalue weighted by Crippen LogP contribution is 2.24. The normalized spacial score (nSPS) is 14.3. The van der Waals surface area contributed by atoms with E-state index in [4.69, 9.17) is 0 Å². The molecule has 0 heterocycles. The van der Waals surface area contributed by atoms with Gasteiger partial charge in [-0.25, -0.2) is 4.39 Å². The summed E-state index contributed by atoms with van der Waals surface area (Å²) >= 11 is 3.32. The molecule has 0 amide bonds. The summed E-state index contributed by atoms with van der Waals surface area (Å²) in [4.78, 5) is 14.8. The Morgan fingerprint density at radius 3 is 2.40 bits per heavy atom. The topological polar surface area (TPSA) is 20.3 Å². The monoisotopic (exact) mass is 343 g/mol. The van der Waals surface area contributed by atoms with Crippen LogP contribution >= 0.6 is 15.9 Å². The van der Waals surface area contributed by atoms with Gasteiger partial charge < -0.3 is 0 Å². The number of carbonyl (C=O) groups is 1. The zero-order valence-corrected chi connectivity index (χ0v) is 14.3. The van der Waals surface area contributed by atoms with Crippen molar-refractivity contribution in [1.29, 1.82) is 0 Å². The number of Topliss-reactive ketones (excluding diaryl/α,β-unsaturated/α-hetero) is 1. The third-order valence-electron chi connectivity index (χ3n) is 4.11. The Bertz CT molecular complexity index is 474. The molecule has 20 heavy (non-hydrogen) atoms. The number of halogens is 2. The van der Waals surface area contributed by atoms with Crippen molar-refractivity contribution in [1.82, 2.24) is 4.90 Å². The minimum absolute atomic E-state index is 0.0701. The van der Waals surface area contributed by atoms with Gasteiger partial charge in [-0.15, -0.1) is 0 Å². The molecular weight excluding hydrogens is 321 g/mol. The average molecular weight is 344 g/mol. The Balaban J connectivity index is 3.00. The molecule has 1 aromatic carbocycles. The van der Waals surface area contributed by atoms with Crippen LogP contribution in [0.3, 0.4) is 0 Å². The van der Waals surface area contributed by atoms with E-state index in [1.807, 2.05) is 27.7 Å². The first-order valence-electron chi connectivity index (χ1n) is 7.11. The van der Waals surface area contributed by atoms with Gasteiger partial charge in [0.25, 0.3) is 0 Å². The number of rotatable bonds is 7. The van der Waals surface area contributed by atoms with E-state index < -0.39 is 5.54 Å². The van der Waals surface area contributed by atoms with Gasteiger partial charge in [0, 0.05) is 10.9 Å². The zero-order valence-electron chi connectivity index (χ0n) is 12.7. The number of ketones is 1. The number of carbonyl (C=O) groups excluding carboxylic acids is 1. The second kappa shape index (κ2) is 7.32. The summed E-state index contributed by atoms with van der Waals surface area (Å²) in [7, 11) is 0. The highest BCUT2D eigenvalue weighted by molar-refractivity contribution is 9.10. The van der Waals surface area contributed by atoms with E-state index in [-0.39, 0.29) is 18.0 Å². The molecule has 0 saturated heterocycles. The second-order valence-corrected chi connectivity index (χ2v) is 6.05. The molecule has 1 aromatic rings. The molecule has 0 radical (unpaired) electrons. The number of likely N-dealkylation sites (N-methyl/N-ethyl adjacent to an activating group) is 1. The smallest absolute Gasteiger partial charge is 0.157 e. The second-order valence-electron chi connectivity index (χ2n) is 5.14. The predicted octanol–water partition coefficient (Wildman–Crippen LogP) is 4.21. The molecule has 0 aliphatic rings. The van der Waals surface area contributed by atoms with Crippen LogP contribution in [0.4, 0.5) is 4.39 Å². The lowest BCUT2D eigenvalue weighted by molar-refractivity contribution is -0.129. The van der Waals surface area contributed by atoms with E-state index in [9.17, 15) is 9.18 Å². The Morgan fingerprint density at radius 2 is 1.90 bits per heavy atom. The molecule has 0 spiro atoms. The molecule has 0 N–H and O–H groups in total. The summed E-state index contributed by atoms with van der Waals surface area (Å²) in [5, 5.41) is 0. The minimum Gasteiger partial charge on any atom is -0.297 e. The highest BCUT2D eigenvalue weighted by atomic mass is 79.9. The van der Waals surface area contributed by atoms with Gasteiger partial charge in [-0.05, 0) is 50.2 Å². The van der Waals surface area contributed by atoms with Crippen molar-refractivity contribution >= 4 is 21.7 Å². The van der Waals surface area contributed by atoms with E-state index in [1.165, 1.54) is 6.07 Å². The van der Waals surface area contributed by atoms with Crippen LogP contribution in [0.5, 0.6) is 0 Å². The van der Waals surface area contributed by atoms with Gasteiger partial charge in [0.15, 0.2) is 5.78 Å². The molecule has 1 atom stereocenters. The average Bonchev–Trinajstić information content (AvgIpc) is 2.43. The van der Waals surface area contributed by atoms with Crippen molar-refractivity contribution in [2.45, 2.75) is 46.1 Å². The molecule has 4 heteroatoms. The fourth-order valence-corrected chi connectivity index (χ4v) is 2.97. The van der Waals surface area contributed by atoms with Crippen LogP contribution < -0.4 is 0 Å². The van der Waals surface area contributed by atoms with Crippen molar-refractivity contribution in [3.63, 3.8) is 0 Å². The SMILES string of the molecule is CCN(CC)C(C)(CC)C(=O)Cc1cc(Br)ccc1F. The van der Waals surface area contributed by atoms with Gasteiger partial charge in [-0.1, -0.05) is 36.7 Å². The first kappa shape index (κ1) is 17.3. The predicted molar refractivity (Wildman–Crippen MR) is 84.4 cm³/mol. The molecule has 2 nitrogen and oxygen atoms in total. The standard InChI is InChI=1S/C16H23BrFNO/c1-5-16(4,19(6-2)7-3)15(20)11-12-10-13(17)8-9-14(12)18/h8-10H,5-7,11H2,1-4H3. The van der Waals surface area contributed by atoms with Crippen LogP contribution in [0.25, 0.3) is 0 Å². The Labute approximate surface area is 129 Å². The van der Waals surface area contributed by atoms with Crippen LogP contribution in [-0.4, -0.2) is 29.3 Å². The molecular formula is C16H23BrFNO. The lowest BCUT2D eigenvalue weighted by atomic mass is 9.87. The molecule has 0 aliphatic heterocycles. The van der Waals surface area contributed by atoms with E-state index in [0.717, 1.165) is 24.0 Å². The number of hydrogen-bond acceptors (Lipinski definition) is 2. The molecule has 1 unspecified atom stereocenters. The lowest BCUT2D eigenvalue weighted by Gasteiger charge is -2.38. The zero-order chi connectivity index (χ0) is 15.3. The maximum Gasteiger partial charge on any atom is 0.157 e. The van der Waals surface area contributed by atoms with Crippen LogP contribution in [-0.2, 0) is 11.2 Å². The summed E-state index contributed by atoms with van der Waals surface area (Å²) in [5.41, 5.74) is -0.0747. The Kier molecular flexibility index (Phi) is 6.34. The van der Waals surface area contributed by atoms with Crippen molar-refractivity contribution in [3.05, 3.63) is 34.1 Å². The number of nitrogens with zero attached hydrogens (tertiary/aromatic N) is 1. The summed E-state index contributed by atoms with van der Waals surface area (Å²) in [6, 6.07) is 4.73. The Hall–Kier alpha value is -0.740. The van der Waals surface area contributed by atoms with Crippen LogP contribution in [0, 0.1) is 5.82 Å². The van der Waals surface area contributed by atoms with Gasteiger partial charge in [0.1, 0.15) is 5.82 Å². The van der Waals surface area contributed by atoms with E-state index in [0.29, 0.717) is 5.56 Å². The lowest BCUT2D eigenvalue weighted by Crippen LogP contribution is -2.52. The van der Waals surface area contributed by atoms with E-state index >= 15 is 0 Å². The third kappa shape index (κ3) is 3.67. The summed E-state index contributed by atoms with van der Waals surface area (Å²) in [6.45, 7) is 9.68. The Morgan fingerprint density at radius 1 is 1.30 bits per heavy atom. The first-order valence-corrected chi connectivity index (χ1v) is 7.90. The molecule has 0 aromatic heterocycles. The van der Waals surface area contributed by atoms with Crippen LogP contribution in [0.2, 0.25) is 0 Å². The van der Waals surface area contributed by atoms with Crippen molar-refractivity contribution in [3.8, 4) is 0 Å². The maximum atomic E-state index is 13.8. The van der Waals surface area contributed by atoms with Crippen molar-refractivity contribution < 1.29 is 9.18 Å². The number of benzene rings is 1. The minimum atomic E-state index is -0.530. The van der Waals surface area contributed by atoms with Crippen molar-refractivity contribution in [2.24, 2.45) is 0 Å². The fraction of sp³-hybridized carbons (Fsp3) is 0.562. The third-order valence-corrected chi connectivity index (χ3v) is 4.60. The highest BCUT2D eigenvalue weighted by Gasteiger charge is 2.35. The molecule has 1 rings (SSSR count). The summed E-state index contributed by atoms with van der Waals surface area (Å²) in [6.07, 6.45) is 0.856. The quantitative estimate of drug-likeness (QED) is 0.739. The van der Waals surface area contributed by atoms with Crippen LogP contribution in [0.1, 0.15) is 39.7 Å². The van der Waals surface area contributed by atoms with Gasteiger partial charge in [-0.3, -0.25) is 9.69 Å². The molecule has 112 valence electrons. The van der Waals surface area contributed by atoms with E-state index in [1.54, 1.807) is 12.1 Å². The fourth-order valence-electron chi connectivity index (χ4n) is 2.56. The van der Waals surface area contributed by atoms with Gasteiger partial charge in [0.2, 0.25) is 0 Å². The number of hydrogen-bond donors (Lipinski definition) is 0. The molecule has 0 bridgehead atoms. The van der Waals surface area contributed by atoms with Gasteiger partial charge in [-0.2, -0.15) is 0 Å². The maximum absolute atomic E-state index is 13.8. The van der Waals surface area contributed by atoms with Crippen LogP contribution in [0.15, 0.2) is 22.7 Å². The van der Waals surface area contributed by atoms with Gasteiger partial charge >= 0.3 is 0 Å². The molecule has 0 fully saturated rings.